The zero-order valence-corrected chi connectivity index (χ0v) is 8.97. The summed E-state index contributed by atoms with van der Waals surface area (Å²) < 4.78 is 0. The van der Waals surface area contributed by atoms with Crippen LogP contribution in [0.3, 0.4) is 0 Å². The van der Waals surface area contributed by atoms with Crippen molar-refractivity contribution in [3.63, 3.8) is 0 Å². The minimum atomic E-state index is -0.891. The van der Waals surface area contributed by atoms with Crippen molar-refractivity contribution in [1.82, 2.24) is 5.32 Å². The fraction of sp³-hybridized carbons (Fsp3) is 0.308. The van der Waals surface area contributed by atoms with Gasteiger partial charge in [0.05, 0.1) is 0 Å². The van der Waals surface area contributed by atoms with Crippen LogP contribution in [-0.4, -0.2) is 23.7 Å². The second-order valence-corrected chi connectivity index (χ2v) is 4.01. The number of rotatable bonds is 5. The van der Waals surface area contributed by atoms with Gasteiger partial charge in [-0.15, -0.1) is 0 Å². The molecular weight excluding hydrogens is 202 g/mol. The maximum absolute atomic E-state index is 10.2. The van der Waals surface area contributed by atoms with E-state index in [2.05, 4.69) is 29.6 Å². The van der Waals surface area contributed by atoms with Crippen LogP contribution in [0.1, 0.15) is 17.9 Å². The summed E-state index contributed by atoms with van der Waals surface area (Å²) in [7, 11) is 0. The molecule has 2 atom stereocenters. The van der Waals surface area contributed by atoms with Crippen LogP contribution in [0.25, 0.3) is 0 Å². The molecule has 2 unspecified atom stereocenters. The summed E-state index contributed by atoms with van der Waals surface area (Å²) in [5.41, 5.74) is 1.36. The van der Waals surface area contributed by atoms with E-state index in [-0.39, 0.29) is 0 Å². The highest BCUT2D eigenvalue weighted by molar-refractivity contribution is 5.79. The zero-order chi connectivity index (χ0) is 11.4. The smallest absolute Gasteiger partial charge is 0.328 e. The Hall–Kier alpha value is -1.61. The van der Waals surface area contributed by atoms with E-state index >= 15 is 0 Å². The van der Waals surface area contributed by atoms with Crippen LogP contribution in [0.2, 0.25) is 0 Å². The average molecular weight is 217 g/mol. The van der Waals surface area contributed by atoms with E-state index in [1.165, 1.54) is 11.6 Å². The molecule has 1 aromatic rings. The molecule has 0 heterocycles. The first-order valence-corrected chi connectivity index (χ1v) is 5.45. The molecule has 1 saturated carbocycles. The second-order valence-electron chi connectivity index (χ2n) is 4.01. The van der Waals surface area contributed by atoms with Gasteiger partial charge in [-0.1, -0.05) is 36.4 Å². The van der Waals surface area contributed by atoms with Gasteiger partial charge in [-0.2, -0.15) is 0 Å². The van der Waals surface area contributed by atoms with Gasteiger partial charge >= 0.3 is 5.97 Å². The number of aliphatic carboxylic acids is 1. The van der Waals surface area contributed by atoms with Crippen LogP contribution in [0, 0.1) is 0 Å². The first kappa shape index (κ1) is 10.9. The Bertz CT molecular complexity index is 386. The van der Waals surface area contributed by atoms with E-state index in [1.807, 2.05) is 6.07 Å². The maximum Gasteiger partial charge on any atom is 0.328 e. The Balaban J connectivity index is 1.74. The van der Waals surface area contributed by atoms with E-state index in [0.29, 0.717) is 18.5 Å². The Morgan fingerprint density at radius 3 is 2.88 bits per heavy atom. The molecule has 0 saturated heterocycles. The molecule has 0 aromatic heterocycles. The summed E-state index contributed by atoms with van der Waals surface area (Å²) in [6.45, 7) is 0.625. The van der Waals surface area contributed by atoms with Crippen LogP contribution in [-0.2, 0) is 4.79 Å². The summed E-state index contributed by atoms with van der Waals surface area (Å²) in [5, 5.41) is 11.7. The van der Waals surface area contributed by atoms with Crippen molar-refractivity contribution in [2.75, 3.05) is 6.54 Å². The minimum Gasteiger partial charge on any atom is -0.478 e. The molecule has 0 amide bonds. The molecule has 0 bridgehead atoms. The van der Waals surface area contributed by atoms with Gasteiger partial charge in [0.1, 0.15) is 0 Å². The Labute approximate surface area is 94.8 Å². The molecule has 0 spiro atoms. The molecule has 3 nitrogen and oxygen atoms in total. The Morgan fingerprint density at radius 1 is 1.44 bits per heavy atom. The lowest BCUT2D eigenvalue weighted by molar-refractivity contribution is -0.131. The first-order chi connectivity index (χ1) is 7.77. The molecular formula is C13H15NO2. The number of benzene rings is 1. The summed E-state index contributed by atoms with van der Waals surface area (Å²) in [5.74, 6) is -0.295. The summed E-state index contributed by atoms with van der Waals surface area (Å²) in [6.07, 6.45) is 3.96. The number of carboxylic acids is 1. The SMILES string of the molecule is O=C(O)/C=C/CNC1CC1c1ccccc1. The molecule has 0 aliphatic heterocycles. The standard InChI is InChI=1S/C13H15NO2/c15-13(16)7-4-8-14-12-9-11(12)10-5-2-1-3-6-10/h1-7,11-12,14H,8-9H2,(H,15,16)/b7-4+. The van der Waals surface area contributed by atoms with E-state index in [9.17, 15) is 4.79 Å². The van der Waals surface area contributed by atoms with E-state index in [1.54, 1.807) is 6.08 Å². The van der Waals surface area contributed by atoms with E-state index in [4.69, 9.17) is 5.11 Å². The van der Waals surface area contributed by atoms with Crippen molar-refractivity contribution in [3.8, 4) is 0 Å². The fourth-order valence-electron chi connectivity index (χ4n) is 1.87. The number of nitrogens with one attached hydrogen (secondary N) is 1. The molecule has 1 aromatic carbocycles. The highest BCUT2D eigenvalue weighted by Crippen LogP contribution is 2.40. The third-order valence-corrected chi connectivity index (χ3v) is 2.78. The van der Waals surface area contributed by atoms with Crippen LogP contribution in [0.4, 0.5) is 0 Å². The quantitative estimate of drug-likeness (QED) is 0.739. The van der Waals surface area contributed by atoms with Gasteiger partial charge in [0.2, 0.25) is 0 Å². The predicted molar refractivity (Wildman–Crippen MR) is 62.4 cm³/mol. The van der Waals surface area contributed by atoms with Crippen molar-refractivity contribution in [1.29, 1.82) is 0 Å². The summed E-state index contributed by atoms with van der Waals surface area (Å²) in [6, 6.07) is 10.9. The number of hydrogen-bond acceptors (Lipinski definition) is 2. The monoisotopic (exact) mass is 217 g/mol. The molecule has 2 N–H and O–H groups in total. The summed E-state index contributed by atoms with van der Waals surface area (Å²) >= 11 is 0. The molecule has 3 heteroatoms. The van der Waals surface area contributed by atoms with Gasteiger partial charge in [-0.05, 0) is 12.0 Å². The molecule has 1 fully saturated rings. The normalized spacial score (nSPS) is 23.5. The summed E-state index contributed by atoms with van der Waals surface area (Å²) in [4.78, 5) is 10.2. The van der Waals surface area contributed by atoms with Gasteiger partial charge in [-0.25, -0.2) is 4.79 Å². The molecule has 84 valence electrons. The van der Waals surface area contributed by atoms with Gasteiger partial charge in [-0.3, -0.25) is 0 Å². The predicted octanol–water partition coefficient (Wildman–Crippen LogP) is 1.77. The average Bonchev–Trinajstić information content (AvgIpc) is 3.05. The maximum atomic E-state index is 10.2. The molecule has 0 radical (unpaired) electrons. The topological polar surface area (TPSA) is 49.3 Å². The lowest BCUT2D eigenvalue weighted by atomic mass is 10.1. The lowest BCUT2D eigenvalue weighted by Crippen LogP contribution is -2.17. The van der Waals surface area contributed by atoms with Crippen molar-refractivity contribution in [3.05, 3.63) is 48.0 Å². The highest BCUT2D eigenvalue weighted by atomic mass is 16.4. The van der Waals surface area contributed by atoms with Gasteiger partial charge in [0, 0.05) is 24.6 Å². The second kappa shape index (κ2) is 4.94. The van der Waals surface area contributed by atoms with Crippen LogP contribution in [0.5, 0.6) is 0 Å². The van der Waals surface area contributed by atoms with E-state index < -0.39 is 5.97 Å². The highest BCUT2D eigenvalue weighted by Gasteiger charge is 2.37. The number of hydrogen-bond donors (Lipinski definition) is 2. The number of carboxylic acid groups (broad SMARTS) is 1. The zero-order valence-electron chi connectivity index (χ0n) is 8.97. The van der Waals surface area contributed by atoms with Crippen molar-refractivity contribution in [2.45, 2.75) is 18.4 Å². The largest absolute Gasteiger partial charge is 0.478 e. The van der Waals surface area contributed by atoms with Gasteiger partial charge in [0.15, 0.2) is 0 Å². The van der Waals surface area contributed by atoms with Gasteiger partial charge < -0.3 is 10.4 Å². The van der Waals surface area contributed by atoms with E-state index in [0.717, 1.165) is 6.42 Å². The van der Waals surface area contributed by atoms with Crippen molar-refractivity contribution >= 4 is 5.97 Å². The molecule has 1 aliphatic rings. The van der Waals surface area contributed by atoms with Crippen molar-refractivity contribution in [2.24, 2.45) is 0 Å². The van der Waals surface area contributed by atoms with Gasteiger partial charge in [0.25, 0.3) is 0 Å². The Kier molecular flexibility index (Phi) is 3.37. The fourth-order valence-corrected chi connectivity index (χ4v) is 1.87. The van der Waals surface area contributed by atoms with Crippen LogP contribution < -0.4 is 5.32 Å². The molecule has 16 heavy (non-hydrogen) atoms. The molecule has 1 aliphatic carbocycles. The first-order valence-electron chi connectivity index (χ1n) is 5.45. The van der Waals surface area contributed by atoms with Crippen molar-refractivity contribution < 1.29 is 9.90 Å². The Morgan fingerprint density at radius 2 is 2.19 bits per heavy atom. The third kappa shape index (κ3) is 2.94. The van der Waals surface area contributed by atoms with Crippen LogP contribution >= 0.6 is 0 Å². The number of carbonyl (C=O) groups is 1. The van der Waals surface area contributed by atoms with Crippen LogP contribution in [0.15, 0.2) is 42.5 Å². The molecule has 2 rings (SSSR count). The lowest BCUT2D eigenvalue weighted by Gasteiger charge is -2.00. The third-order valence-electron chi connectivity index (χ3n) is 2.78. The minimum absolute atomic E-state index is 0.501.